The first kappa shape index (κ1) is 24.5. The van der Waals surface area contributed by atoms with E-state index in [1.807, 2.05) is 51.1 Å². The van der Waals surface area contributed by atoms with Gasteiger partial charge in [0.25, 0.3) is 0 Å². The van der Waals surface area contributed by atoms with Gasteiger partial charge in [-0.15, -0.1) is 0 Å². The number of aliphatic imine (C=N–C) groups is 1. The summed E-state index contributed by atoms with van der Waals surface area (Å²) in [5, 5.41) is 15.2. The molecule has 3 rings (SSSR count). The number of carbonyl (C=O) groups excluding carboxylic acids is 1. The third-order valence-corrected chi connectivity index (χ3v) is 7.13. The molecule has 3 aromatic carbocycles. The van der Waals surface area contributed by atoms with Crippen LogP contribution in [0.25, 0.3) is 0 Å². The molecular weight excluding hydrogens is 400 g/mol. The van der Waals surface area contributed by atoms with Gasteiger partial charge in [0.1, 0.15) is 0 Å². The van der Waals surface area contributed by atoms with Gasteiger partial charge in [-0.25, -0.2) is 0 Å². The number of hydrogen-bond acceptors (Lipinski definition) is 3. The molecule has 0 unspecified atom stereocenters. The predicted molar refractivity (Wildman–Crippen MR) is 121 cm³/mol. The van der Waals surface area contributed by atoms with E-state index < -0.39 is 25.3 Å². The van der Waals surface area contributed by atoms with E-state index in [9.17, 15) is 9.90 Å². The van der Waals surface area contributed by atoms with Crippen molar-refractivity contribution in [3.63, 3.8) is 0 Å². The molecule has 1 atom stereocenters. The Hall–Kier alpha value is -1.77. The van der Waals surface area contributed by atoms with Crippen LogP contribution in [0.2, 0.25) is 0 Å². The molecule has 0 spiro atoms. The number of carboxylic acid groups (broad SMARTS) is 1. The molecular formula is C25H25NNaO2P. The summed E-state index contributed by atoms with van der Waals surface area (Å²) in [5.74, 6) is -1.15. The van der Waals surface area contributed by atoms with E-state index in [1.165, 1.54) is 10.6 Å². The SMILES string of the molecule is CC(C)(C)[C@@H](N=Cc1ccccc1P(c1ccccc1)c1ccccc1)C(=O)[O-].[Na+]. The zero-order valence-electron chi connectivity index (χ0n) is 17.9. The summed E-state index contributed by atoms with van der Waals surface area (Å²) in [7, 11) is -0.795. The van der Waals surface area contributed by atoms with Crippen LogP contribution in [-0.4, -0.2) is 18.2 Å². The molecule has 0 radical (unpaired) electrons. The van der Waals surface area contributed by atoms with Crippen LogP contribution in [0.1, 0.15) is 26.3 Å². The summed E-state index contributed by atoms with van der Waals surface area (Å²) in [6.45, 7) is 5.58. The molecule has 0 aliphatic heterocycles. The molecule has 0 aliphatic rings. The molecule has 0 fully saturated rings. The van der Waals surface area contributed by atoms with Gasteiger partial charge in [0, 0.05) is 11.8 Å². The fourth-order valence-electron chi connectivity index (χ4n) is 3.17. The molecule has 0 N–H and O–H groups in total. The third-order valence-electron chi connectivity index (χ3n) is 4.61. The van der Waals surface area contributed by atoms with Crippen molar-refractivity contribution in [2.45, 2.75) is 26.8 Å². The van der Waals surface area contributed by atoms with E-state index in [0.29, 0.717) is 0 Å². The van der Waals surface area contributed by atoms with Gasteiger partial charge in [-0.05, 0) is 29.3 Å². The second-order valence-electron chi connectivity index (χ2n) is 7.93. The summed E-state index contributed by atoms with van der Waals surface area (Å²) < 4.78 is 0. The Kier molecular flexibility index (Phi) is 9.00. The third kappa shape index (κ3) is 6.12. The van der Waals surface area contributed by atoms with E-state index in [0.717, 1.165) is 10.9 Å². The molecule has 0 aliphatic carbocycles. The minimum atomic E-state index is -1.15. The maximum Gasteiger partial charge on any atom is 1.00 e. The molecule has 5 heteroatoms. The molecule has 0 bridgehead atoms. The minimum absolute atomic E-state index is 0. The molecule has 3 aromatic rings. The number of rotatable bonds is 6. The number of nitrogens with zero attached hydrogens (tertiary/aromatic N) is 1. The number of carbonyl (C=O) groups is 1. The van der Waals surface area contributed by atoms with Crippen molar-refractivity contribution < 1.29 is 39.5 Å². The average molecular weight is 425 g/mol. The molecule has 3 nitrogen and oxygen atoms in total. The normalized spacial score (nSPS) is 12.5. The van der Waals surface area contributed by atoms with Crippen LogP contribution in [0, 0.1) is 5.41 Å². The molecule has 0 saturated heterocycles. The van der Waals surface area contributed by atoms with E-state index >= 15 is 0 Å². The maximum absolute atomic E-state index is 11.6. The van der Waals surface area contributed by atoms with Gasteiger partial charge < -0.3 is 9.90 Å². The molecule has 0 aromatic heterocycles. The van der Waals surface area contributed by atoms with Crippen LogP contribution in [0.4, 0.5) is 0 Å². The van der Waals surface area contributed by atoms with Crippen molar-refractivity contribution in [1.29, 1.82) is 0 Å². The first-order chi connectivity index (χ1) is 13.9. The number of aliphatic carboxylic acids is 1. The summed E-state index contributed by atoms with van der Waals surface area (Å²) in [4.78, 5) is 16.0. The van der Waals surface area contributed by atoms with Crippen molar-refractivity contribution in [2.24, 2.45) is 10.4 Å². The zero-order chi connectivity index (χ0) is 20.9. The number of carboxylic acids is 1. The molecule has 0 heterocycles. The molecule has 0 saturated carbocycles. The summed E-state index contributed by atoms with van der Waals surface area (Å²) in [6.07, 6.45) is 1.70. The first-order valence-corrected chi connectivity index (χ1v) is 11.0. The van der Waals surface area contributed by atoms with Crippen LogP contribution in [-0.2, 0) is 4.79 Å². The standard InChI is InChI=1S/C25H26NO2P.Na/c1-25(2,3)23(24(27)28)26-18-19-12-10-11-17-22(19)29(20-13-6-4-7-14-20)21-15-8-5-9-16-21;/h4-18,23H,1-3H3,(H,27,28);/q;+1/p-1/t23-;/m0./s1. The van der Waals surface area contributed by atoms with E-state index in [2.05, 4.69) is 59.6 Å². The van der Waals surface area contributed by atoms with E-state index in [1.54, 1.807) is 6.21 Å². The largest absolute Gasteiger partial charge is 1.00 e. The smallest absolute Gasteiger partial charge is 0.548 e. The molecule has 148 valence electrons. The van der Waals surface area contributed by atoms with Crippen LogP contribution in [0.5, 0.6) is 0 Å². The van der Waals surface area contributed by atoms with Crippen LogP contribution in [0.15, 0.2) is 89.9 Å². The summed E-state index contributed by atoms with van der Waals surface area (Å²) in [6, 6.07) is 28.0. The topological polar surface area (TPSA) is 52.5 Å². The molecule has 0 amide bonds. The average Bonchev–Trinajstić information content (AvgIpc) is 2.70. The predicted octanol–water partition coefficient (Wildman–Crippen LogP) is 0.0323. The summed E-state index contributed by atoms with van der Waals surface area (Å²) in [5.41, 5.74) is 0.412. The Morgan fingerprint density at radius 1 is 0.867 bits per heavy atom. The Bertz CT molecular complexity index is 945. The van der Waals surface area contributed by atoms with Crippen LogP contribution in [0.3, 0.4) is 0 Å². The van der Waals surface area contributed by atoms with Crippen molar-refractivity contribution in [1.82, 2.24) is 0 Å². The quantitative estimate of drug-likeness (QED) is 0.318. The van der Waals surface area contributed by atoms with Crippen LogP contribution >= 0.6 is 7.92 Å². The Labute approximate surface area is 202 Å². The number of hydrogen-bond donors (Lipinski definition) is 0. The van der Waals surface area contributed by atoms with E-state index in [4.69, 9.17) is 0 Å². The van der Waals surface area contributed by atoms with Gasteiger partial charge in [-0.3, -0.25) is 4.99 Å². The summed E-state index contributed by atoms with van der Waals surface area (Å²) >= 11 is 0. The van der Waals surface area contributed by atoms with Crippen molar-refractivity contribution in [2.75, 3.05) is 0 Å². The monoisotopic (exact) mass is 425 g/mol. The molecule has 30 heavy (non-hydrogen) atoms. The van der Waals surface area contributed by atoms with Crippen molar-refractivity contribution in [3.8, 4) is 0 Å². The van der Waals surface area contributed by atoms with Crippen LogP contribution < -0.4 is 50.6 Å². The Morgan fingerprint density at radius 3 is 1.80 bits per heavy atom. The Balaban J connectivity index is 0.00000320. The van der Waals surface area contributed by atoms with E-state index in [-0.39, 0.29) is 29.6 Å². The van der Waals surface area contributed by atoms with Gasteiger partial charge in [0.15, 0.2) is 0 Å². The van der Waals surface area contributed by atoms with Gasteiger partial charge in [0.2, 0.25) is 0 Å². The van der Waals surface area contributed by atoms with Gasteiger partial charge in [-0.2, -0.15) is 0 Å². The second-order valence-corrected chi connectivity index (χ2v) is 10.1. The van der Waals surface area contributed by atoms with Gasteiger partial charge in [0.05, 0.1) is 12.0 Å². The van der Waals surface area contributed by atoms with Gasteiger partial charge in [-0.1, -0.05) is 106 Å². The fraction of sp³-hybridized carbons (Fsp3) is 0.200. The zero-order valence-corrected chi connectivity index (χ0v) is 20.8. The first-order valence-electron chi connectivity index (χ1n) is 9.61. The Morgan fingerprint density at radius 2 is 1.33 bits per heavy atom. The fourth-order valence-corrected chi connectivity index (χ4v) is 5.60. The minimum Gasteiger partial charge on any atom is -0.548 e. The van der Waals surface area contributed by atoms with Crippen molar-refractivity contribution >= 4 is 36.0 Å². The van der Waals surface area contributed by atoms with Crippen molar-refractivity contribution in [3.05, 3.63) is 90.5 Å². The van der Waals surface area contributed by atoms with Gasteiger partial charge >= 0.3 is 29.6 Å². The number of benzene rings is 3. The maximum atomic E-state index is 11.6. The second kappa shape index (κ2) is 11.0.